The molecule has 2 aliphatic heterocycles. The maximum Gasteiger partial charge on any atom is 0.0383 e. The number of fused-ring (bicyclic) bond motifs is 1. The minimum Gasteiger partial charge on any atom is -0.291 e. The fourth-order valence-electron chi connectivity index (χ4n) is 1.19. The summed E-state index contributed by atoms with van der Waals surface area (Å²) in [5.41, 5.74) is 0. The first-order valence-electron chi connectivity index (χ1n) is 2.69. The molecule has 0 N–H and O–H groups in total. The van der Waals surface area contributed by atoms with Crippen molar-refractivity contribution in [3.63, 3.8) is 0 Å². The molecule has 0 aliphatic carbocycles. The Morgan fingerprint density at radius 2 is 2.50 bits per heavy atom. The minimum atomic E-state index is 1.03. The van der Waals surface area contributed by atoms with E-state index >= 15 is 0 Å². The lowest BCUT2D eigenvalue weighted by molar-refractivity contribution is 0.612. The van der Waals surface area contributed by atoms with E-state index in [2.05, 4.69) is 11.8 Å². The van der Waals surface area contributed by atoms with Gasteiger partial charge in [0, 0.05) is 18.6 Å². The van der Waals surface area contributed by atoms with Gasteiger partial charge in [0.15, 0.2) is 0 Å². The topological polar surface area (TPSA) is 3.01 Å². The summed E-state index contributed by atoms with van der Waals surface area (Å²) in [6.45, 7) is 3.68. The monoisotopic (exact) mass is 83.1 g/mol. The summed E-state index contributed by atoms with van der Waals surface area (Å²) >= 11 is 0. The molecule has 0 radical (unpaired) electrons. The number of hydrogen-bond donors (Lipinski definition) is 0. The summed E-state index contributed by atoms with van der Waals surface area (Å²) in [6, 6.07) is 2.10. The Labute approximate surface area is 37.9 Å². The van der Waals surface area contributed by atoms with Crippen molar-refractivity contribution in [2.45, 2.75) is 25.4 Å². The predicted molar refractivity (Wildman–Crippen MR) is 24.6 cm³/mol. The average molecular weight is 83.1 g/mol. The van der Waals surface area contributed by atoms with Crippen molar-refractivity contribution < 1.29 is 0 Å². The van der Waals surface area contributed by atoms with Gasteiger partial charge in [0.05, 0.1) is 0 Å². The predicted octanol–water partition coefficient (Wildman–Crippen LogP) is 0.463. The average Bonchev–Trinajstić information content (AvgIpc) is 2.12. The van der Waals surface area contributed by atoms with Crippen LogP contribution in [-0.4, -0.2) is 23.5 Å². The number of nitrogens with zero attached hydrogens (tertiary/aromatic N) is 1. The van der Waals surface area contributed by atoms with E-state index in [1.807, 2.05) is 0 Å². The molecule has 0 bridgehead atoms. The van der Waals surface area contributed by atoms with Crippen LogP contribution in [0.1, 0.15) is 13.3 Å². The van der Waals surface area contributed by atoms with Crippen molar-refractivity contribution in [2.24, 2.45) is 0 Å². The molecule has 6 heavy (non-hydrogen) atoms. The lowest BCUT2D eigenvalue weighted by atomic mass is 10.2. The Bertz CT molecular complexity index is 72.0. The fraction of sp³-hybridized carbons (Fsp3) is 1.00. The van der Waals surface area contributed by atoms with Crippen molar-refractivity contribution in [3.8, 4) is 0 Å². The van der Waals surface area contributed by atoms with Crippen molar-refractivity contribution in [1.29, 1.82) is 0 Å². The van der Waals surface area contributed by atoms with E-state index in [1.54, 1.807) is 0 Å². The van der Waals surface area contributed by atoms with Crippen LogP contribution in [0.2, 0.25) is 0 Å². The molecule has 3 atom stereocenters. The van der Waals surface area contributed by atoms with Crippen LogP contribution < -0.4 is 0 Å². The third-order valence-electron chi connectivity index (χ3n) is 1.89. The van der Waals surface area contributed by atoms with Crippen LogP contribution in [0.15, 0.2) is 0 Å². The number of hydrogen-bond acceptors (Lipinski definition) is 1. The molecule has 2 fully saturated rings. The first-order chi connectivity index (χ1) is 2.93. The highest BCUT2D eigenvalue weighted by atomic mass is 15.5. The van der Waals surface area contributed by atoms with Gasteiger partial charge in [0.25, 0.3) is 0 Å². The SMILES string of the molecule is CCC1C2CN12. The Kier molecular flexibility index (Phi) is 0.327. The summed E-state index contributed by atoms with van der Waals surface area (Å²) in [5, 5.41) is 0. The Hall–Kier alpha value is -0.0400. The van der Waals surface area contributed by atoms with Gasteiger partial charge in [0.2, 0.25) is 0 Å². The molecule has 2 aliphatic rings. The molecule has 1 nitrogen and oxygen atoms in total. The molecule has 2 saturated heterocycles. The Morgan fingerprint density at radius 1 is 1.83 bits per heavy atom. The van der Waals surface area contributed by atoms with Crippen LogP contribution in [0.4, 0.5) is 0 Å². The lowest BCUT2D eigenvalue weighted by Gasteiger charge is -1.90. The maximum absolute atomic E-state index is 2.51. The van der Waals surface area contributed by atoms with Gasteiger partial charge in [0.1, 0.15) is 0 Å². The van der Waals surface area contributed by atoms with E-state index in [1.165, 1.54) is 13.0 Å². The van der Waals surface area contributed by atoms with Gasteiger partial charge < -0.3 is 0 Å². The van der Waals surface area contributed by atoms with Gasteiger partial charge >= 0.3 is 0 Å². The van der Waals surface area contributed by atoms with E-state index in [4.69, 9.17) is 0 Å². The van der Waals surface area contributed by atoms with Gasteiger partial charge in [-0.25, -0.2) is 0 Å². The third-order valence-corrected chi connectivity index (χ3v) is 1.89. The zero-order valence-electron chi connectivity index (χ0n) is 4.02. The van der Waals surface area contributed by atoms with Gasteiger partial charge in [-0.2, -0.15) is 0 Å². The molecular formula is C5H9N. The first-order valence-corrected chi connectivity index (χ1v) is 2.69. The highest BCUT2D eigenvalue weighted by Gasteiger charge is 2.60. The highest BCUT2D eigenvalue weighted by molar-refractivity contribution is 5.17. The molecule has 2 rings (SSSR count). The molecule has 2 heterocycles. The summed E-state index contributed by atoms with van der Waals surface area (Å²) in [6.07, 6.45) is 1.38. The Balaban J connectivity index is 1.92. The standard InChI is InChI=1S/C5H9N/c1-2-4-5-3-6(4)5/h4-5H,2-3H2,1H3. The molecule has 0 aromatic heterocycles. The van der Waals surface area contributed by atoms with Crippen molar-refractivity contribution in [3.05, 3.63) is 0 Å². The molecule has 0 spiro atoms. The van der Waals surface area contributed by atoms with Gasteiger partial charge in [-0.1, -0.05) is 6.92 Å². The summed E-state index contributed by atoms with van der Waals surface area (Å²) in [4.78, 5) is 2.51. The molecule has 3 unspecified atom stereocenters. The van der Waals surface area contributed by atoms with Crippen LogP contribution in [0, 0.1) is 0 Å². The van der Waals surface area contributed by atoms with E-state index in [0.717, 1.165) is 12.1 Å². The zero-order chi connectivity index (χ0) is 4.15. The highest BCUT2D eigenvalue weighted by Crippen LogP contribution is 2.44. The van der Waals surface area contributed by atoms with Gasteiger partial charge in [-0.15, -0.1) is 0 Å². The molecular weight excluding hydrogens is 74.1 g/mol. The largest absolute Gasteiger partial charge is 0.291 e. The second kappa shape index (κ2) is 0.648. The molecule has 0 amide bonds. The quantitative estimate of drug-likeness (QED) is 0.416. The van der Waals surface area contributed by atoms with Crippen LogP contribution >= 0.6 is 0 Å². The molecule has 0 aromatic rings. The van der Waals surface area contributed by atoms with Crippen LogP contribution in [0.5, 0.6) is 0 Å². The van der Waals surface area contributed by atoms with E-state index in [-0.39, 0.29) is 0 Å². The smallest absolute Gasteiger partial charge is 0.0383 e. The normalized spacial score (nSPS) is 60.5. The molecule has 34 valence electrons. The van der Waals surface area contributed by atoms with E-state index in [9.17, 15) is 0 Å². The Morgan fingerprint density at radius 3 is 2.50 bits per heavy atom. The van der Waals surface area contributed by atoms with Crippen molar-refractivity contribution in [2.75, 3.05) is 6.54 Å². The van der Waals surface area contributed by atoms with Crippen molar-refractivity contribution >= 4 is 0 Å². The lowest BCUT2D eigenvalue weighted by Crippen LogP contribution is -2.01. The second-order valence-corrected chi connectivity index (χ2v) is 2.24. The third kappa shape index (κ3) is 0.178. The van der Waals surface area contributed by atoms with Crippen molar-refractivity contribution in [1.82, 2.24) is 4.90 Å². The number of rotatable bonds is 1. The van der Waals surface area contributed by atoms with Gasteiger partial charge in [-0.05, 0) is 6.42 Å². The molecule has 0 aromatic carbocycles. The maximum atomic E-state index is 2.51. The van der Waals surface area contributed by atoms with Crippen LogP contribution in [0.25, 0.3) is 0 Å². The fourth-order valence-corrected chi connectivity index (χ4v) is 1.19. The minimum absolute atomic E-state index is 1.03. The van der Waals surface area contributed by atoms with Crippen LogP contribution in [-0.2, 0) is 0 Å². The van der Waals surface area contributed by atoms with E-state index < -0.39 is 0 Å². The molecule has 0 saturated carbocycles. The molecule has 1 heteroatoms. The first kappa shape index (κ1) is 3.03. The summed E-state index contributed by atoms with van der Waals surface area (Å²) < 4.78 is 0. The van der Waals surface area contributed by atoms with Crippen LogP contribution in [0.3, 0.4) is 0 Å². The summed E-state index contributed by atoms with van der Waals surface area (Å²) in [5.74, 6) is 0. The van der Waals surface area contributed by atoms with Gasteiger partial charge in [-0.3, -0.25) is 4.90 Å². The summed E-state index contributed by atoms with van der Waals surface area (Å²) in [7, 11) is 0. The second-order valence-electron chi connectivity index (χ2n) is 2.24. The zero-order valence-corrected chi connectivity index (χ0v) is 4.02. The van der Waals surface area contributed by atoms with E-state index in [0.29, 0.717) is 0 Å².